The van der Waals surface area contributed by atoms with E-state index in [-0.39, 0.29) is 37.4 Å². The van der Waals surface area contributed by atoms with Crippen molar-refractivity contribution in [1.82, 2.24) is 4.90 Å². The van der Waals surface area contributed by atoms with Crippen LogP contribution in [0, 0.1) is 29.2 Å². The van der Waals surface area contributed by atoms with E-state index >= 15 is 0 Å². The summed E-state index contributed by atoms with van der Waals surface area (Å²) in [5.41, 5.74) is 1.76. The van der Waals surface area contributed by atoms with E-state index in [4.69, 9.17) is 4.99 Å². The fraction of sp³-hybridized carbons (Fsp3) is 0.562. The number of allylic oxidation sites excluding steroid dienone is 2. The average molecular weight is 591 g/mol. The van der Waals surface area contributed by atoms with Crippen LogP contribution in [0.25, 0.3) is 10.8 Å². The van der Waals surface area contributed by atoms with Gasteiger partial charge < -0.3 is 15.0 Å². The first kappa shape index (κ1) is 28.1. The smallest absolute Gasteiger partial charge is 0.876 e. The van der Waals surface area contributed by atoms with Gasteiger partial charge in [-0.05, 0) is 74.7 Å². The normalized spacial score (nSPS) is 30.5. The summed E-state index contributed by atoms with van der Waals surface area (Å²) in [4.78, 5) is 18.2. The molecule has 7 rings (SSSR count). The number of ketones is 1. The molecule has 0 unspecified atom stereocenters. The fourth-order valence-electron chi connectivity index (χ4n) is 7.63. The summed E-state index contributed by atoms with van der Waals surface area (Å²) in [6.07, 6.45) is 9.69. The molecule has 5 heteroatoms. The van der Waals surface area contributed by atoms with Gasteiger partial charge in [-0.15, -0.1) is 34.9 Å². The number of hydrogen-bond donors (Lipinski definition) is 0. The Labute approximate surface area is 236 Å². The molecule has 2 aromatic carbocycles. The van der Waals surface area contributed by atoms with Gasteiger partial charge in [-0.3, -0.25) is 4.79 Å². The van der Waals surface area contributed by atoms with Crippen LogP contribution < -0.4 is 5.11 Å². The second-order valence-corrected chi connectivity index (χ2v) is 12.9. The molecule has 0 spiro atoms. The van der Waals surface area contributed by atoms with Crippen LogP contribution in [0.3, 0.4) is 0 Å². The summed E-state index contributed by atoms with van der Waals surface area (Å²) in [6, 6.07) is 17.0. The quantitative estimate of drug-likeness (QED) is 0.193. The Morgan fingerprint density at radius 1 is 1.05 bits per heavy atom. The Bertz CT molecular complexity index is 1160. The van der Waals surface area contributed by atoms with Crippen LogP contribution in [0.15, 0.2) is 53.2 Å². The van der Waals surface area contributed by atoms with Crippen LogP contribution in [0.4, 0.5) is 0 Å². The predicted molar refractivity (Wildman–Crippen MR) is 145 cm³/mol. The number of carbonyl (C=O) groups excluding carboxylic acids is 1. The molecular formula is C32H40N2O2Pd. The number of carbonyl (C=O) groups is 1. The molecule has 1 heterocycles. The molecule has 0 amide bonds. The van der Waals surface area contributed by atoms with E-state index in [0.29, 0.717) is 11.6 Å². The summed E-state index contributed by atoms with van der Waals surface area (Å²) < 4.78 is 0. The number of amidine groups is 1. The Morgan fingerprint density at radius 3 is 2.16 bits per heavy atom. The molecule has 4 fully saturated rings. The minimum absolute atomic E-state index is 0. The Morgan fingerprint density at radius 2 is 1.65 bits per heavy atom. The Kier molecular flexibility index (Phi) is 8.09. The standard InChI is InChI=1S/C27H33N2.C5H8O2.Pd/c1-26(2,3)24-17-29(27-14-18-11-19(15-27)13-20(12-18)16-27)25(28-24)23-10-6-8-21-7-4-5-9-22(21)23;1-4(6)3-5(2)7;/h4-9,18-20,24H,11-17H2,1-3H3;3,6H,1-2H3;/q-1;;+2/p-1/b;4-3-;/t18?,19?,20?,24-,27?;;/m1../s1. The summed E-state index contributed by atoms with van der Waals surface area (Å²) in [5.74, 6) is 3.72. The van der Waals surface area contributed by atoms with Crippen molar-refractivity contribution >= 4 is 22.4 Å². The van der Waals surface area contributed by atoms with Crippen molar-refractivity contribution in [3.05, 3.63) is 59.9 Å². The van der Waals surface area contributed by atoms with Gasteiger partial charge in [-0.25, -0.2) is 0 Å². The number of fused-ring (bicyclic) bond motifs is 1. The van der Waals surface area contributed by atoms with Crippen molar-refractivity contribution in [3.63, 3.8) is 0 Å². The molecule has 0 radical (unpaired) electrons. The van der Waals surface area contributed by atoms with Gasteiger partial charge in [0.1, 0.15) is 0 Å². The number of rotatable bonds is 3. The Hall–Kier alpha value is -1.96. The molecule has 5 aliphatic rings. The first-order chi connectivity index (χ1) is 17.0. The van der Waals surface area contributed by atoms with E-state index in [1.54, 1.807) is 0 Å². The van der Waals surface area contributed by atoms with Crippen LogP contribution in [0.1, 0.15) is 78.7 Å². The number of aliphatic imine (C=N–C) groups is 1. The monoisotopic (exact) mass is 590 g/mol. The molecule has 2 aromatic rings. The minimum Gasteiger partial charge on any atom is -0.876 e. The van der Waals surface area contributed by atoms with Gasteiger partial charge in [0.25, 0.3) is 0 Å². The van der Waals surface area contributed by atoms with Crippen LogP contribution >= 0.6 is 0 Å². The third-order valence-corrected chi connectivity index (χ3v) is 8.82. The first-order valence-corrected chi connectivity index (χ1v) is 13.7. The molecule has 0 aromatic heterocycles. The number of hydrogen-bond acceptors (Lipinski definition) is 4. The van der Waals surface area contributed by atoms with Crippen LogP contribution in [0.5, 0.6) is 0 Å². The molecule has 0 saturated heterocycles. The molecule has 1 aliphatic heterocycles. The van der Waals surface area contributed by atoms with Crippen molar-refractivity contribution in [1.29, 1.82) is 0 Å². The first-order valence-electron chi connectivity index (χ1n) is 13.7. The molecule has 1 atom stereocenters. The molecular weight excluding hydrogens is 551 g/mol. The maximum atomic E-state index is 9.98. The zero-order valence-electron chi connectivity index (χ0n) is 22.8. The van der Waals surface area contributed by atoms with E-state index in [0.717, 1.165) is 30.4 Å². The summed E-state index contributed by atoms with van der Waals surface area (Å²) >= 11 is 0. The van der Waals surface area contributed by atoms with Gasteiger partial charge in [0.2, 0.25) is 0 Å². The van der Waals surface area contributed by atoms with Gasteiger partial charge in [-0.1, -0.05) is 57.3 Å². The van der Waals surface area contributed by atoms with Crippen molar-refractivity contribution in [2.24, 2.45) is 28.2 Å². The van der Waals surface area contributed by atoms with Crippen LogP contribution in [-0.2, 0) is 25.2 Å². The minimum atomic E-state index is -0.187. The summed E-state index contributed by atoms with van der Waals surface area (Å²) in [7, 11) is 0. The van der Waals surface area contributed by atoms with Crippen molar-refractivity contribution in [3.8, 4) is 0 Å². The van der Waals surface area contributed by atoms with Gasteiger partial charge in [0.15, 0.2) is 5.78 Å². The fourth-order valence-corrected chi connectivity index (χ4v) is 7.63. The number of nitrogens with zero attached hydrogens (tertiary/aromatic N) is 2. The second-order valence-electron chi connectivity index (χ2n) is 12.9. The molecule has 4 bridgehead atoms. The molecule has 37 heavy (non-hydrogen) atoms. The predicted octanol–water partition coefficient (Wildman–Crippen LogP) is 5.92. The van der Waals surface area contributed by atoms with E-state index < -0.39 is 0 Å². The van der Waals surface area contributed by atoms with Gasteiger partial charge in [-0.2, -0.15) is 0 Å². The van der Waals surface area contributed by atoms with Crippen molar-refractivity contribution in [2.75, 3.05) is 6.54 Å². The molecule has 200 valence electrons. The van der Waals surface area contributed by atoms with Gasteiger partial charge >= 0.3 is 20.4 Å². The zero-order chi connectivity index (χ0) is 25.7. The largest absolute Gasteiger partial charge is 2.00 e. The summed E-state index contributed by atoms with van der Waals surface area (Å²) in [5, 5.41) is 12.6. The van der Waals surface area contributed by atoms with Crippen LogP contribution in [-0.4, -0.2) is 34.6 Å². The second kappa shape index (κ2) is 10.7. The van der Waals surface area contributed by atoms with Gasteiger partial charge in [0.05, 0.1) is 6.04 Å². The maximum Gasteiger partial charge on any atom is 2.00 e. The third kappa shape index (κ3) is 5.74. The summed E-state index contributed by atoms with van der Waals surface area (Å²) in [6.45, 7) is 10.9. The zero-order valence-corrected chi connectivity index (χ0v) is 24.4. The van der Waals surface area contributed by atoms with Gasteiger partial charge in [0, 0.05) is 17.9 Å². The molecule has 0 N–H and O–H groups in total. The molecule has 4 nitrogen and oxygen atoms in total. The van der Waals surface area contributed by atoms with Crippen molar-refractivity contribution < 1.29 is 30.3 Å². The average Bonchev–Trinajstić information content (AvgIpc) is 3.24. The Balaban J connectivity index is 0.000000356. The SMILES string of the molecule is CC(=O)/C=C(/C)[O-].CC(C)(C)[C@H]1CN(C23CC4CC(CC(C4)C2)C3)C(c2[c-]ccc3ccccc23)=N1.[Pd+2]. The van der Waals surface area contributed by atoms with E-state index in [1.807, 2.05) is 0 Å². The number of benzene rings is 2. The van der Waals surface area contributed by atoms with Crippen molar-refractivity contribution in [2.45, 2.75) is 84.7 Å². The van der Waals surface area contributed by atoms with E-state index in [1.165, 1.54) is 74.5 Å². The van der Waals surface area contributed by atoms with E-state index in [9.17, 15) is 9.90 Å². The van der Waals surface area contributed by atoms with Crippen LogP contribution in [0.2, 0.25) is 0 Å². The third-order valence-electron chi connectivity index (χ3n) is 8.82. The molecule has 4 aliphatic carbocycles. The maximum absolute atomic E-state index is 9.98. The van der Waals surface area contributed by atoms with E-state index in [2.05, 4.69) is 68.1 Å². The molecule has 4 saturated carbocycles. The topological polar surface area (TPSA) is 55.7 Å².